The third kappa shape index (κ3) is 4.83. The van der Waals surface area contributed by atoms with Gasteiger partial charge in [-0.05, 0) is 18.2 Å². The maximum absolute atomic E-state index is 12.5. The van der Waals surface area contributed by atoms with Crippen LogP contribution in [0, 0.1) is 0 Å². The molecule has 1 aromatic carbocycles. The van der Waals surface area contributed by atoms with Crippen LogP contribution in [-0.2, 0) is 9.59 Å². The summed E-state index contributed by atoms with van der Waals surface area (Å²) in [5.74, 6) is -0.757. The van der Waals surface area contributed by atoms with Crippen molar-refractivity contribution >= 4 is 40.9 Å². The van der Waals surface area contributed by atoms with E-state index in [2.05, 4.69) is 5.32 Å². The minimum atomic E-state index is -0.380. The number of carbonyl (C=O) groups is 3. The molecule has 1 heterocycles. The van der Waals surface area contributed by atoms with Crippen molar-refractivity contribution in [2.75, 3.05) is 39.3 Å². The third-order valence-corrected chi connectivity index (χ3v) is 4.09. The summed E-state index contributed by atoms with van der Waals surface area (Å²) in [6, 6.07) is 4.69. The highest BCUT2D eigenvalue weighted by Crippen LogP contribution is 2.20. The first kappa shape index (κ1) is 18.5. The molecule has 0 bridgehead atoms. The molecule has 2 rings (SSSR count). The molecule has 130 valence electrons. The smallest absolute Gasteiger partial charge is 0.254 e. The SMILES string of the molecule is NCC(=O)NCC(=O)N1CCN(C(=O)c2cc(Cl)cc(Cl)c2)CC1. The Bertz CT molecular complexity index is 625. The molecule has 24 heavy (non-hydrogen) atoms. The summed E-state index contributed by atoms with van der Waals surface area (Å²) in [4.78, 5) is 38.8. The van der Waals surface area contributed by atoms with Crippen LogP contribution in [0.2, 0.25) is 10.0 Å². The quantitative estimate of drug-likeness (QED) is 0.796. The van der Waals surface area contributed by atoms with Crippen molar-refractivity contribution in [3.05, 3.63) is 33.8 Å². The molecule has 0 saturated carbocycles. The van der Waals surface area contributed by atoms with E-state index in [1.807, 2.05) is 0 Å². The van der Waals surface area contributed by atoms with Gasteiger partial charge in [-0.3, -0.25) is 14.4 Å². The first-order chi connectivity index (χ1) is 11.4. The molecule has 0 radical (unpaired) electrons. The topological polar surface area (TPSA) is 95.7 Å². The van der Waals surface area contributed by atoms with Crippen molar-refractivity contribution < 1.29 is 14.4 Å². The highest BCUT2D eigenvalue weighted by molar-refractivity contribution is 6.35. The zero-order valence-corrected chi connectivity index (χ0v) is 14.4. The van der Waals surface area contributed by atoms with Gasteiger partial charge in [0.1, 0.15) is 0 Å². The van der Waals surface area contributed by atoms with Gasteiger partial charge in [-0.15, -0.1) is 0 Å². The highest BCUT2D eigenvalue weighted by atomic mass is 35.5. The van der Waals surface area contributed by atoms with Crippen molar-refractivity contribution in [3.8, 4) is 0 Å². The van der Waals surface area contributed by atoms with Crippen molar-refractivity contribution in [2.45, 2.75) is 0 Å². The molecule has 1 fully saturated rings. The van der Waals surface area contributed by atoms with Gasteiger partial charge in [0.25, 0.3) is 5.91 Å². The molecular weight excluding hydrogens is 355 g/mol. The maximum atomic E-state index is 12.5. The molecule has 1 saturated heterocycles. The van der Waals surface area contributed by atoms with E-state index in [-0.39, 0.29) is 30.8 Å². The lowest BCUT2D eigenvalue weighted by molar-refractivity contribution is -0.133. The average molecular weight is 373 g/mol. The molecule has 0 aromatic heterocycles. The van der Waals surface area contributed by atoms with Crippen LogP contribution in [0.25, 0.3) is 0 Å². The molecule has 1 aromatic rings. The second kappa shape index (κ2) is 8.32. The second-order valence-corrected chi connectivity index (χ2v) is 6.18. The zero-order chi connectivity index (χ0) is 17.7. The molecular formula is C15H18Cl2N4O3. The Morgan fingerprint density at radius 3 is 2.08 bits per heavy atom. The Kier molecular flexibility index (Phi) is 6.42. The summed E-state index contributed by atoms with van der Waals surface area (Å²) in [5, 5.41) is 3.23. The normalized spacial score (nSPS) is 14.5. The lowest BCUT2D eigenvalue weighted by Crippen LogP contribution is -2.52. The maximum Gasteiger partial charge on any atom is 0.254 e. The van der Waals surface area contributed by atoms with Crippen LogP contribution < -0.4 is 11.1 Å². The summed E-state index contributed by atoms with van der Waals surface area (Å²) >= 11 is 11.8. The number of carbonyl (C=O) groups excluding carboxylic acids is 3. The number of benzene rings is 1. The van der Waals surface area contributed by atoms with E-state index in [4.69, 9.17) is 28.9 Å². The predicted octanol–water partition coefficient (Wildman–Crippen LogP) is 0.353. The Hall–Kier alpha value is -1.83. The van der Waals surface area contributed by atoms with Crippen LogP contribution in [0.1, 0.15) is 10.4 Å². The number of rotatable bonds is 4. The number of amides is 3. The van der Waals surface area contributed by atoms with E-state index in [0.717, 1.165) is 0 Å². The molecule has 7 nitrogen and oxygen atoms in total. The van der Waals surface area contributed by atoms with E-state index in [0.29, 0.717) is 41.8 Å². The first-order valence-electron chi connectivity index (χ1n) is 7.40. The molecule has 1 aliphatic heterocycles. The van der Waals surface area contributed by atoms with Crippen molar-refractivity contribution in [1.82, 2.24) is 15.1 Å². The standard InChI is InChI=1S/C15H18Cl2N4O3/c16-11-5-10(6-12(17)7-11)15(24)21-3-1-20(2-4-21)14(23)9-19-13(22)8-18/h5-7H,1-4,8-9,18H2,(H,19,22). The van der Waals surface area contributed by atoms with Crippen molar-refractivity contribution in [1.29, 1.82) is 0 Å². The third-order valence-electron chi connectivity index (χ3n) is 3.65. The molecule has 3 amide bonds. The number of hydrogen-bond donors (Lipinski definition) is 2. The fraction of sp³-hybridized carbons (Fsp3) is 0.400. The summed E-state index contributed by atoms with van der Waals surface area (Å²) in [5.41, 5.74) is 5.58. The Labute approximate surface area is 149 Å². The van der Waals surface area contributed by atoms with E-state index in [9.17, 15) is 14.4 Å². The predicted molar refractivity (Wildman–Crippen MR) is 91.0 cm³/mol. The van der Waals surface area contributed by atoms with E-state index in [1.54, 1.807) is 28.0 Å². The number of nitrogens with one attached hydrogen (secondary N) is 1. The fourth-order valence-electron chi connectivity index (χ4n) is 2.38. The highest BCUT2D eigenvalue weighted by Gasteiger charge is 2.25. The molecule has 3 N–H and O–H groups in total. The minimum Gasteiger partial charge on any atom is -0.346 e. The number of hydrogen-bond acceptors (Lipinski definition) is 4. The van der Waals surface area contributed by atoms with Crippen molar-refractivity contribution in [2.24, 2.45) is 5.73 Å². The van der Waals surface area contributed by atoms with Gasteiger partial charge in [0.2, 0.25) is 11.8 Å². The average Bonchev–Trinajstić information content (AvgIpc) is 2.58. The lowest BCUT2D eigenvalue weighted by Gasteiger charge is -2.35. The Morgan fingerprint density at radius 2 is 1.54 bits per heavy atom. The van der Waals surface area contributed by atoms with Crippen LogP contribution in [-0.4, -0.2) is 66.8 Å². The first-order valence-corrected chi connectivity index (χ1v) is 8.16. The van der Waals surface area contributed by atoms with Gasteiger partial charge in [0.05, 0.1) is 13.1 Å². The summed E-state index contributed by atoms with van der Waals surface area (Å²) in [6.45, 7) is 1.36. The second-order valence-electron chi connectivity index (χ2n) is 5.31. The zero-order valence-electron chi connectivity index (χ0n) is 12.9. The summed E-state index contributed by atoms with van der Waals surface area (Å²) < 4.78 is 0. The van der Waals surface area contributed by atoms with Crippen molar-refractivity contribution in [3.63, 3.8) is 0 Å². The molecule has 1 aliphatic rings. The molecule has 0 spiro atoms. The van der Waals surface area contributed by atoms with Gasteiger partial charge in [-0.1, -0.05) is 23.2 Å². The Balaban J connectivity index is 1.89. The van der Waals surface area contributed by atoms with Gasteiger partial charge >= 0.3 is 0 Å². The van der Waals surface area contributed by atoms with Crippen LogP contribution in [0.5, 0.6) is 0 Å². The van der Waals surface area contributed by atoms with Crippen LogP contribution in [0.15, 0.2) is 18.2 Å². The van der Waals surface area contributed by atoms with Gasteiger partial charge in [0.15, 0.2) is 0 Å². The van der Waals surface area contributed by atoms with Crippen LogP contribution >= 0.6 is 23.2 Å². The van der Waals surface area contributed by atoms with E-state index in [1.165, 1.54) is 0 Å². The summed E-state index contributed by atoms with van der Waals surface area (Å²) in [6.07, 6.45) is 0. The minimum absolute atomic E-state index is 0.0894. The van der Waals surface area contributed by atoms with Crippen LogP contribution in [0.4, 0.5) is 0 Å². The number of halogens is 2. The fourth-order valence-corrected chi connectivity index (χ4v) is 2.90. The van der Waals surface area contributed by atoms with E-state index < -0.39 is 0 Å². The number of nitrogens with zero attached hydrogens (tertiary/aromatic N) is 2. The van der Waals surface area contributed by atoms with E-state index >= 15 is 0 Å². The molecule has 9 heteroatoms. The lowest BCUT2D eigenvalue weighted by atomic mass is 10.2. The van der Waals surface area contributed by atoms with Gasteiger partial charge in [-0.2, -0.15) is 0 Å². The largest absolute Gasteiger partial charge is 0.346 e. The molecule has 0 atom stereocenters. The number of nitrogens with two attached hydrogens (primary N) is 1. The Morgan fingerprint density at radius 1 is 1.00 bits per heavy atom. The van der Waals surface area contributed by atoms with Gasteiger partial charge in [-0.25, -0.2) is 0 Å². The summed E-state index contributed by atoms with van der Waals surface area (Å²) in [7, 11) is 0. The van der Waals surface area contributed by atoms with Gasteiger partial charge < -0.3 is 20.9 Å². The molecule has 0 unspecified atom stereocenters. The van der Waals surface area contributed by atoms with Gasteiger partial charge in [0, 0.05) is 41.8 Å². The van der Waals surface area contributed by atoms with Crippen LogP contribution in [0.3, 0.4) is 0 Å². The monoisotopic (exact) mass is 372 g/mol. The number of piperazine rings is 1. The molecule has 0 aliphatic carbocycles.